The van der Waals surface area contributed by atoms with Gasteiger partial charge in [0.2, 0.25) is 5.13 Å². The molecule has 0 aliphatic carbocycles. The molecule has 0 spiro atoms. The van der Waals surface area contributed by atoms with Crippen LogP contribution >= 0.6 is 11.5 Å². The molecule has 0 bridgehead atoms. The van der Waals surface area contributed by atoms with E-state index in [0.29, 0.717) is 6.04 Å². The summed E-state index contributed by atoms with van der Waals surface area (Å²) in [7, 11) is 0. The van der Waals surface area contributed by atoms with Gasteiger partial charge in [-0.1, -0.05) is 60.7 Å². The maximum atomic E-state index is 4.64. The first-order chi connectivity index (χ1) is 12.4. The minimum absolute atomic E-state index is 0.489. The van der Waals surface area contributed by atoms with Crippen LogP contribution in [-0.4, -0.2) is 33.4 Å². The molecule has 0 amide bonds. The highest BCUT2D eigenvalue weighted by Gasteiger charge is 2.20. The zero-order valence-corrected chi connectivity index (χ0v) is 15.0. The van der Waals surface area contributed by atoms with Crippen LogP contribution in [0, 0.1) is 0 Å². The van der Waals surface area contributed by atoms with Gasteiger partial charge in [0.05, 0.1) is 0 Å². The highest BCUT2D eigenvalue weighted by molar-refractivity contribution is 7.09. The van der Waals surface area contributed by atoms with E-state index in [9.17, 15) is 0 Å². The van der Waals surface area contributed by atoms with E-state index in [1.165, 1.54) is 17.1 Å². The van der Waals surface area contributed by atoms with Gasteiger partial charge in [-0.2, -0.15) is 9.36 Å². The molecule has 128 valence electrons. The Kier molecular flexibility index (Phi) is 5.04. The number of rotatable bonds is 5. The van der Waals surface area contributed by atoms with E-state index in [-0.39, 0.29) is 0 Å². The number of hydrogen-bond acceptors (Lipinski definition) is 5. The van der Waals surface area contributed by atoms with E-state index >= 15 is 0 Å². The molecule has 1 fully saturated rings. The molecular formula is C20H22N4S. The van der Waals surface area contributed by atoms with Gasteiger partial charge in [0, 0.05) is 42.8 Å². The molecule has 0 radical (unpaired) electrons. The summed E-state index contributed by atoms with van der Waals surface area (Å²) in [5.74, 6) is 0.814. The Morgan fingerprint density at radius 3 is 2.36 bits per heavy atom. The Labute approximate surface area is 152 Å². The third-order valence-electron chi connectivity index (χ3n) is 4.62. The van der Waals surface area contributed by atoms with Crippen molar-refractivity contribution < 1.29 is 0 Å². The maximum Gasteiger partial charge on any atom is 0.203 e. The molecule has 2 aromatic carbocycles. The van der Waals surface area contributed by atoms with Crippen molar-refractivity contribution in [3.05, 3.63) is 66.2 Å². The lowest BCUT2D eigenvalue weighted by Crippen LogP contribution is -2.38. The zero-order valence-electron chi connectivity index (χ0n) is 14.1. The highest BCUT2D eigenvalue weighted by atomic mass is 32.1. The fraction of sp³-hybridized carbons (Fsp3) is 0.300. The SMILES string of the molecule is c1ccc(CN2CCC(Nc3nc(-c4ccccc4)ns3)CC2)cc1. The van der Waals surface area contributed by atoms with Gasteiger partial charge in [0.15, 0.2) is 5.82 Å². The quantitative estimate of drug-likeness (QED) is 0.746. The standard InChI is InChI=1S/C20H22N4S/c1-3-7-16(8-4-1)15-24-13-11-18(12-14-24)21-20-22-19(23-25-20)17-9-5-2-6-10-17/h1-10,18H,11-15H2,(H,21,22,23). The minimum Gasteiger partial charge on any atom is -0.357 e. The average Bonchev–Trinajstić information content (AvgIpc) is 3.14. The number of aromatic nitrogens is 2. The van der Waals surface area contributed by atoms with Gasteiger partial charge in [-0.3, -0.25) is 4.90 Å². The number of nitrogens with zero attached hydrogens (tertiary/aromatic N) is 3. The molecular weight excluding hydrogens is 328 g/mol. The zero-order chi connectivity index (χ0) is 16.9. The van der Waals surface area contributed by atoms with Gasteiger partial charge in [0.25, 0.3) is 0 Å². The average molecular weight is 350 g/mol. The van der Waals surface area contributed by atoms with E-state index in [1.54, 1.807) is 0 Å². The second kappa shape index (κ2) is 7.76. The Bertz CT molecular complexity index is 780. The maximum absolute atomic E-state index is 4.64. The number of hydrogen-bond donors (Lipinski definition) is 1. The van der Waals surface area contributed by atoms with E-state index in [0.717, 1.165) is 49.0 Å². The number of nitrogens with one attached hydrogen (secondary N) is 1. The highest BCUT2D eigenvalue weighted by Crippen LogP contribution is 2.23. The fourth-order valence-electron chi connectivity index (χ4n) is 3.24. The molecule has 1 aromatic heterocycles. The van der Waals surface area contributed by atoms with Crippen molar-refractivity contribution in [2.45, 2.75) is 25.4 Å². The second-order valence-electron chi connectivity index (χ2n) is 6.47. The molecule has 3 aromatic rings. The van der Waals surface area contributed by atoms with Crippen molar-refractivity contribution in [1.29, 1.82) is 0 Å². The van der Waals surface area contributed by atoms with Gasteiger partial charge in [-0.15, -0.1) is 0 Å². The molecule has 2 heterocycles. The molecule has 5 heteroatoms. The summed E-state index contributed by atoms with van der Waals surface area (Å²) in [5, 5.41) is 4.50. The van der Waals surface area contributed by atoms with E-state index in [1.807, 2.05) is 30.3 Å². The lowest BCUT2D eigenvalue weighted by Gasteiger charge is -2.32. The third-order valence-corrected chi connectivity index (χ3v) is 5.27. The van der Waals surface area contributed by atoms with E-state index in [2.05, 4.69) is 49.9 Å². The summed E-state index contributed by atoms with van der Waals surface area (Å²) < 4.78 is 4.48. The molecule has 1 saturated heterocycles. The van der Waals surface area contributed by atoms with Crippen LogP contribution in [0.3, 0.4) is 0 Å². The van der Waals surface area contributed by atoms with Crippen molar-refractivity contribution in [1.82, 2.24) is 14.3 Å². The third kappa shape index (κ3) is 4.24. The molecule has 0 unspecified atom stereocenters. The molecule has 4 nitrogen and oxygen atoms in total. The topological polar surface area (TPSA) is 41.0 Å². The second-order valence-corrected chi connectivity index (χ2v) is 7.22. The number of likely N-dealkylation sites (tertiary alicyclic amines) is 1. The van der Waals surface area contributed by atoms with Crippen LogP contribution in [-0.2, 0) is 6.54 Å². The summed E-state index contributed by atoms with van der Waals surface area (Å²) >= 11 is 1.46. The first-order valence-electron chi connectivity index (χ1n) is 8.79. The van der Waals surface area contributed by atoms with Gasteiger partial charge >= 0.3 is 0 Å². The van der Waals surface area contributed by atoms with E-state index in [4.69, 9.17) is 0 Å². The van der Waals surface area contributed by atoms with Crippen molar-refractivity contribution in [3.63, 3.8) is 0 Å². The van der Waals surface area contributed by atoms with Crippen molar-refractivity contribution in [2.75, 3.05) is 18.4 Å². The molecule has 1 aliphatic heterocycles. The molecule has 0 atom stereocenters. The van der Waals surface area contributed by atoms with Gasteiger partial charge in [0.1, 0.15) is 0 Å². The lowest BCUT2D eigenvalue weighted by atomic mass is 10.0. The largest absolute Gasteiger partial charge is 0.357 e. The molecule has 0 saturated carbocycles. The van der Waals surface area contributed by atoms with Crippen LogP contribution in [0.2, 0.25) is 0 Å². The summed E-state index contributed by atoms with van der Waals surface area (Å²) in [6.07, 6.45) is 2.29. The van der Waals surface area contributed by atoms with Gasteiger partial charge in [-0.05, 0) is 18.4 Å². The smallest absolute Gasteiger partial charge is 0.203 e. The fourth-order valence-corrected chi connectivity index (χ4v) is 3.90. The number of piperidine rings is 1. The first kappa shape index (κ1) is 16.2. The van der Waals surface area contributed by atoms with E-state index < -0.39 is 0 Å². The molecule has 1 N–H and O–H groups in total. The van der Waals surface area contributed by atoms with Crippen LogP contribution < -0.4 is 5.32 Å². The van der Waals surface area contributed by atoms with Crippen LogP contribution in [0.15, 0.2) is 60.7 Å². The van der Waals surface area contributed by atoms with Crippen molar-refractivity contribution in [2.24, 2.45) is 0 Å². The summed E-state index contributed by atoms with van der Waals surface area (Å²) in [6.45, 7) is 3.29. The van der Waals surface area contributed by atoms with Crippen LogP contribution in [0.5, 0.6) is 0 Å². The predicted molar refractivity (Wildman–Crippen MR) is 104 cm³/mol. The van der Waals surface area contributed by atoms with Crippen LogP contribution in [0.25, 0.3) is 11.4 Å². The van der Waals surface area contributed by atoms with Gasteiger partial charge in [-0.25, -0.2) is 0 Å². The summed E-state index contributed by atoms with van der Waals surface area (Å²) in [4.78, 5) is 7.17. The Balaban J connectivity index is 1.30. The first-order valence-corrected chi connectivity index (χ1v) is 9.56. The molecule has 1 aliphatic rings. The minimum atomic E-state index is 0.489. The lowest BCUT2D eigenvalue weighted by molar-refractivity contribution is 0.211. The van der Waals surface area contributed by atoms with Crippen LogP contribution in [0.4, 0.5) is 5.13 Å². The normalized spacial score (nSPS) is 16.0. The summed E-state index contributed by atoms with van der Waals surface area (Å²) in [6, 6.07) is 21.4. The Morgan fingerprint density at radius 2 is 1.64 bits per heavy atom. The van der Waals surface area contributed by atoms with Crippen molar-refractivity contribution in [3.8, 4) is 11.4 Å². The molecule has 4 rings (SSSR count). The Hall–Kier alpha value is -2.24. The summed E-state index contributed by atoms with van der Waals surface area (Å²) in [5.41, 5.74) is 2.47. The van der Waals surface area contributed by atoms with Crippen molar-refractivity contribution >= 4 is 16.7 Å². The predicted octanol–water partition coefficient (Wildman–Crippen LogP) is 4.28. The molecule has 25 heavy (non-hydrogen) atoms. The van der Waals surface area contributed by atoms with Gasteiger partial charge < -0.3 is 5.32 Å². The number of benzene rings is 2. The number of anilines is 1. The Morgan fingerprint density at radius 1 is 0.960 bits per heavy atom. The van der Waals surface area contributed by atoms with Crippen LogP contribution in [0.1, 0.15) is 18.4 Å². The monoisotopic (exact) mass is 350 g/mol.